The summed E-state index contributed by atoms with van der Waals surface area (Å²) in [5, 5.41) is 10.8. The maximum atomic E-state index is 12.8. The molecule has 1 aromatic carbocycles. The molecular formula is C11H11F2NO3. The summed E-state index contributed by atoms with van der Waals surface area (Å²) < 4.78 is 31.0. The maximum Gasteiger partial charge on any atom is 0.404 e. The summed E-state index contributed by atoms with van der Waals surface area (Å²) in [6.45, 7) is 0. The molecule has 0 bridgehead atoms. The zero-order valence-corrected chi connectivity index (χ0v) is 8.82. The van der Waals surface area contributed by atoms with E-state index in [0.29, 0.717) is 12.8 Å². The first-order valence-electron chi connectivity index (χ1n) is 5.15. The predicted molar refractivity (Wildman–Crippen MR) is 55.0 cm³/mol. The minimum Gasteiger partial charge on any atom is -0.490 e. The number of benzene rings is 1. The van der Waals surface area contributed by atoms with Crippen molar-refractivity contribution < 1.29 is 23.4 Å². The molecule has 2 N–H and O–H groups in total. The van der Waals surface area contributed by atoms with Gasteiger partial charge < -0.3 is 15.2 Å². The Morgan fingerprint density at radius 1 is 1.29 bits per heavy atom. The maximum absolute atomic E-state index is 12.8. The molecule has 1 amide bonds. The van der Waals surface area contributed by atoms with Crippen LogP contribution in [0, 0.1) is 11.6 Å². The van der Waals surface area contributed by atoms with Gasteiger partial charge in [-0.3, -0.25) is 0 Å². The summed E-state index contributed by atoms with van der Waals surface area (Å²) in [5.41, 5.74) is 0. The van der Waals surface area contributed by atoms with Crippen LogP contribution in [-0.4, -0.2) is 23.3 Å². The van der Waals surface area contributed by atoms with Gasteiger partial charge in [-0.05, 0) is 0 Å². The van der Waals surface area contributed by atoms with Gasteiger partial charge in [-0.25, -0.2) is 13.6 Å². The SMILES string of the molecule is O=C(O)NC1CC(Oc2cc(F)cc(F)c2)C1. The Morgan fingerprint density at radius 3 is 2.41 bits per heavy atom. The van der Waals surface area contributed by atoms with Crippen molar-refractivity contribution in [2.45, 2.75) is 25.0 Å². The topological polar surface area (TPSA) is 58.6 Å². The number of ether oxygens (including phenoxy) is 1. The molecule has 0 aromatic heterocycles. The number of carbonyl (C=O) groups is 1. The van der Waals surface area contributed by atoms with E-state index in [1.807, 2.05) is 0 Å². The second kappa shape index (κ2) is 4.57. The van der Waals surface area contributed by atoms with Crippen LogP contribution in [0.15, 0.2) is 18.2 Å². The van der Waals surface area contributed by atoms with Gasteiger partial charge in [0, 0.05) is 37.1 Å². The third-order valence-electron chi connectivity index (χ3n) is 2.56. The third-order valence-corrected chi connectivity index (χ3v) is 2.56. The van der Waals surface area contributed by atoms with Gasteiger partial charge in [0.2, 0.25) is 0 Å². The molecule has 17 heavy (non-hydrogen) atoms. The van der Waals surface area contributed by atoms with Crippen LogP contribution >= 0.6 is 0 Å². The van der Waals surface area contributed by atoms with Gasteiger partial charge >= 0.3 is 6.09 Å². The van der Waals surface area contributed by atoms with E-state index in [1.165, 1.54) is 0 Å². The van der Waals surface area contributed by atoms with E-state index in [1.54, 1.807) is 0 Å². The van der Waals surface area contributed by atoms with E-state index in [0.717, 1.165) is 18.2 Å². The molecule has 2 rings (SSSR count). The molecule has 1 aliphatic rings. The van der Waals surface area contributed by atoms with Crippen molar-refractivity contribution in [2.24, 2.45) is 0 Å². The zero-order valence-electron chi connectivity index (χ0n) is 8.82. The van der Waals surface area contributed by atoms with Gasteiger partial charge in [-0.15, -0.1) is 0 Å². The largest absolute Gasteiger partial charge is 0.490 e. The first kappa shape index (κ1) is 11.6. The second-order valence-electron chi connectivity index (χ2n) is 3.96. The first-order chi connectivity index (χ1) is 8.02. The Labute approximate surface area is 96.2 Å². The number of nitrogens with one attached hydrogen (secondary N) is 1. The number of halogens is 2. The quantitative estimate of drug-likeness (QED) is 0.855. The van der Waals surface area contributed by atoms with E-state index in [4.69, 9.17) is 9.84 Å². The fraction of sp³-hybridized carbons (Fsp3) is 0.364. The molecule has 4 nitrogen and oxygen atoms in total. The molecule has 1 fully saturated rings. The Morgan fingerprint density at radius 2 is 1.88 bits per heavy atom. The summed E-state index contributed by atoms with van der Waals surface area (Å²) in [5.74, 6) is -1.26. The lowest BCUT2D eigenvalue weighted by Crippen LogP contribution is -2.48. The average molecular weight is 243 g/mol. The highest BCUT2D eigenvalue weighted by Gasteiger charge is 2.32. The lowest BCUT2D eigenvalue weighted by atomic mass is 9.89. The van der Waals surface area contributed by atoms with E-state index < -0.39 is 17.7 Å². The molecule has 6 heteroatoms. The van der Waals surface area contributed by atoms with Crippen LogP contribution in [0.5, 0.6) is 5.75 Å². The zero-order chi connectivity index (χ0) is 12.4. The molecule has 0 aliphatic heterocycles. The predicted octanol–water partition coefficient (Wildman–Crippen LogP) is 2.14. The van der Waals surface area contributed by atoms with Crippen molar-refractivity contribution in [3.8, 4) is 5.75 Å². The van der Waals surface area contributed by atoms with Gasteiger partial charge in [0.15, 0.2) is 0 Å². The highest BCUT2D eigenvalue weighted by atomic mass is 19.1. The summed E-state index contributed by atoms with van der Waals surface area (Å²) in [4.78, 5) is 10.3. The van der Waals surface area contributed by atoms with Crippen LogP contribution in [0.4, 0.5) is 13.6 Å². The van der Waals surface area contributed by atoms with Gasteiger partial charge in [-0.2, -0.15) is 0 Å². The van der Waals surface area contributed by atoms with E-state index >= 15 is 0 Å². The number of hydrogen-bond acceptors (Lipinski definition) is 2. The molecule has 1 aromatic rings. The van der Waals surface area contributed by atoms with Crippen molar-refractivity contribution >= 4 is 6.09 Å². The van der Waals surface area contributed by atoms with Crippen LogP contribution in [0.2, 0.25) is 0 Å². The minimum absolute atomic E-state index is 0.126. The van der Waals surface area contributed by atoms with Crippen LogP contribution < -0.4 is 10.1 Å². The summed E-state index contributed by atoms with van der Waals surface area (Å²) in [7, 11) is 0. The van der Waals surface area contributed by atoms with Gasteiger partial charge in [0.1, 0.15) is 23.5 Å². The van der Waals surface area contributed by atoms with E-state index in [9.17, 15) is 13.6 Å². The molecule has 0 saturated heterocycles. The molecule has 0 radical (unpaired) electrons. The van der Waals surface area contributed by atoms with Crippen molar-refractivity contribution in [2.75, 3.05) is 0 Å². The average Bonchev–Trinajstić information content (AvgIpc) is 2.11. The minimum atomic E-state index is -1.08. The molecule has 1 saturated carbocycles. The van der Waals surface area contributed by atoms with Gasteiger partial charge in [0.05, 0.1) is 0 Å². The molecule has 0 spiro atoms. The van der Waals surface area contributed by atoms with Crippen molar-refractivity contribution in [1.29, 1.82) is 0 Å². The van der Waals surface area contributed by atoms with Crippen molar-refractivity contribution in [1.82, 2.24) is 5.32 Å². The van der Waals surface area contributed by atoms with E-state index in [-0.39, 0.29) is 17.9 Å². The molecule has 0 heterocycles. The van der Waals surface area contributed by atoms with E-state index in [2.05, 4.69) is 5.32 Å². The highest BCUT2D eigenvalue weighted by molar-refractivity contribution is 5.65. The van der Waals surface area contributed by atoms with Crippen LogP contribution in [0.25, 0.3) is 0 Å². The third kappa shape index (κ3) is 3.05. The summed E-state index contributed by atoms with van der Waals surface area (Å²) >= 11 is 0. The van der Waals surface area contributed by atoms with Crippen molar-refractivity contribution in [3.63, 3.8) is 0 Å². The summed E-state index contributed by atoms with van der Waals surface area (Å²) in [6.07, 6.45) is -0.271. The normalized spacial score (nSPS) is 22.7. The Hall–Kier alpha value is -1.85. The Balaban J connectivity index is 1.85. The lowest BCUT2D eigenvalue weighted by molar-refractivity contribution is 0.0828. The monoisotopic (exact) mass is 243 g/mol. The molecule has 1 aliphatic carbocycles. The lowest BCUT2D eigenvalue weighted by Gasteiger charge is -2.34. The number of carboxylic acid groups (broad SMARTS) is 1. The van der Waals surface area contributed by atoms with Gasteiger partial charge in [0.25, 0.3) is 0 Å². The highest BCUT2D eigenvalue weighted by Crippen LogP contribution is 2.26. The molecular weight excluding hydrogens is 232 g/mol. The second-order valence-corrected chi connectivity index (χ2v) is 3.96. The smallest absolute Gasteiger partial charge is 0.404 e. The Bertz CT molecular complexity index is 412. The fourth-order valence-corrected chi connectivity index (χ4v) is 1.74. The van der Waals surface area contributed by atoms with Crippen LogP contribution in [-0.2, 0) is 0 Å². The van der Waals surface area contributed by atoms with Gasteiger partial charge in [-0.1, -0.05) is 0 Å². The molecule has 0 atom stereocenters. The van der Waals surface area contributed by atoms with Crippen molar-refractivity contribution in [3.05, 3.63) is 29.8 Å². The number of amides is 1. The fourth-order valence-electron chi connectivity index (χ4n) is 1.74. The van der Waals surface area contributed by atoms with Crippen LogP contribution in [0.3, 0.4) is 0 Å². The number of rotatable bonds is 3. The summed E-state index contributed by atoms with van der Waals surface area (Å²) in [6, 6.07) is 2.82. The first-order valence-corrected chi connectivity index (χ1v) is 5.15. The standard InChI is InChI=1S/C11H11F2NO3/c12-6-1-7(13)3-9(2-6)17-10-4-8(5-10)14-11(15)16/h1-3,8,10,14H,4-5H2,(H,15,16). The Kier molecular flexibility index (Phi) is 3.12. The molecule has 0 unspecified atom stereocenters. The molecule has 92 valence electrons. The number of hydrogen-bond donors (Lipinski definition) is 2. The van der Waals surface area contributed by atoms with Crippen LogP contribution in [0.1, 0.15) is 12.8 Å².